The third kappa shape index (κ3) is 5.44. The third-order valence-corrected chi connectivity index (χ3v) is 4.20. The molecule has 0 spiro atoms. The summed E-state index contributed by atoms with van der Waals surface area (Å²) < 4.78 is 16.1. The van der Waals surface area contributed by atoms with Gasteiger partial charge in [-0.3, -0.25) is 9.59 Å². The van der Waals surface area contributed by atoms with E-state index >= 15 is 0 Å². The summed E-state index contributed by atoms with van der Waals surface area (Å²) in [5.41, 5.74) is 1.80. The minimum absolute atomic E-state index is 0.0602. The number of hydrogen-bond acceptors (Lipinski definition) is 6. The molecule has 0 aromatic heterocycles. The average molecular weight is 395 g/mol. The van der Waals surface area contributed by atoms with Crippen molar-refractivity contribution in [3.63, 3.8) is 0 Å². The van der Waals surface area contributed by atoms with E-state index in [-0.39, 0.29) is 5.78 Å². The van der Waals surface area contributed by atoms with Crippen LogP contribution in [0.25, 0.3) is 6.08 Å². The Morgan fingerprint density at radius 2 is 1.72 bits per heavy atom. The minimum Gasteiger partial charge on any atom is -0.486 e. The van der Waals surface area contributed by atoms with Gasteiger partial charge in [0.2, 0.25) is 0 Å². The number of ether oxygens (including phenoxy) is 3. The standard InChI is InChI=1S/C22H21NO6/c1-14(24)17-5-7-18(8-6-17)23-22(26)15(2)29-21(25)10-4-16-3-9-19-20(13-16)28-12-11-27-19/h3-10,13,15H,11-12H2,1-2H3,(H,23,26)/b10-4+/t15-/m1/s1. The van der Waals surface area contributed by atoms with Crippen molar-refractivity contribution < 1.29 is 28.6 Å². The van der Waals surface area contributed by atoms with Crippen LogP contribution in [0.5, 0.6) is 11.5 Å². The van der Waals surface area contributed by atoms with Crippen molar-refractivity contribution >= 4 is 29.4 Å². The Balaban J connectivity index is 1.53. The van der Waals surface area contributed by atoms with Crippen molar-refractivity contribution in [2.45, 2.75) is 20.0 Å². The van der Waals surface area contributed by atoms with Crippen LogP contribution in [0.2, 0.25) is 0 Å². The molecule has 0 saturated carbocycles. The van der Waals surface area contributed by atoms with E-state index in [2.05, 4.69) is 5.32 Å². The molecular weight excluding hydrogens is 374 g/mol. The zero-order chi connectivity index (χ0) is 20.8. The van der Waals surface area contributed by atoms with Crippen LogP contribution in [0.3, 0.4) is 0 Å². The molecule has 0 fully saturated rings. The van der Waals surface area contributed by atoms with E-state index < -0.39 is 18.0 Å². The van der Waals surface area contributed by atoms with Crippen LogP contribution in [0.1, 0.15) is 29.8 Å². The smallest absolute Gasteiger partial charge is 0.331 e. The van der Waals surface area contributed by atoms with Crippen molar-refractivity contribution in [3.05, 3.63) is 59.7 Å². The number of ketones is 1. The van der Waals surface area contributed by atoms with Gasteiger partial charge in [0.15, 0.2) is 23.4 Å². The van der Waals surface area contributed by atoms with Gasteiger partial charge in [0.1, 0.15) is 13.2 Å². The lowest BCUT2D eigenvalue weighted by molar-refractivity contribution is -0.148. The van der Waals surface area contributed by atoms with E-state index in [4.69, 9.17) is 14.2 Å². The number of carbonyl (C=O) groups is 3. The van der Waals surface area contributed by atoms with Crippen LogP contribution in [0, 0.1) is 0 Å². The molecule has 0 bridgehead atoms. The summed E-state index contributed by atoms with van der Waals surface area (Å²) in [6.45, 7) is 3.93. The van der Waals surface area contributed by atoms with Gasteiger partial charge in [0, 0.05) is 17.3 Å². The first kappa shape index (κ1) is 20.1. The predicted molar refractivity (Wildman–Crippen MR) is 107 cm³/mol. The first-order valence-corrected chi connectivity index (χ1v) is 9.12. The lowest BCUT2D eigenvalue weighted by Crippen LogP contribution is -2.29. The minimum atomic E-state index is -0.986. The summed E-state index contributed by atoms with van der Waals surface area (Å²) in [4.78, 5) is 35.5. The Kier molecular flexibility index (Phi) is 6.29. The van der Waals surface area contributed by atoms with Gasteiger partial charge >= 0.3 is 5.97 Å². The highest BCUT2D eigenvalue weighted by atomic mass is 16.6. The topological polar surface area (TPSA) is 90.9 Å². The van der Waals surface area contributed by atoms with Gasteiger partial charge in [0.25, 0.3) is 5.91 Å². The number of nitrogens with one attached hydrogen (secondary N) is 1. The maximum absolute atomic E-state index is 12.2. The molecule has 1 aliphatic rings. The van der Waals surface area contributed by atoms with Crippen molar-refractivity contribution in [2.24, 2.45) is 0 Å². The van der Waals surface area contributed by atoms with Gasteiger partial charge in [-0.05, 0) is 61.9 Å². The molecule has 7 nitrogen and oxygen atoms in total. The summed E-state index contributed by atoms with van der Waals surface area (Å²) in [6.07, 6.45) is 1.84. The van der Waals surface area contributed by atoms with Crippen molar-refractivity contribution in [1.29, 1.82) is 0 Å². The number of benzene rings is 2. The monoisotopic (exact) mass is 395 g/mol. The Hall–Kier alpha value is -3.61. The zero-order valence-corrected chi connectivity index (χ0v) is 16.1. The molecule has 3 rings (SSSR count). The lowest BCUT2D eigenvalue weighted by Gasteiger charge is -2.18. The van der Waals surface area contributed by atoms with Gasteiger partial charge in [-0.25, -0.2) is 4.79 Å². The van der Waals surface area contributed by atoms with E-state index in [0.29, 0.717) is 36.0 Å². The van der Waals surface area contributed by atoms with Crippen LogP contribution in [0.4, 0.5) is 5.69 Å². The summed E-state index contributed by atoms with van der Waals surface area (Å²) in [5.74, 6) is 0.110. The normalized spacial score (nSPS) is 13.6. The molecule has 29 heavy (non-hydrogen) atoms. The number of Topliss-reactive ketones (excluding diaryl/α,β-unsaturated/α-hetero) is 1. The van der Waals surface area contributed by atoms with Gasteiger partial charge < -0.3 is 19.5 Å². The second-order valence-electron chi connectivity index (χ2n) is 6.44. The van der Waals surface area contributed by atoms with Gasteiger partial charge in [-0.1, -0.05) is 6.07 Å². The van der Waals surface area contributed by atoms with Crippen LogP contribution < -0.4 is 14.8 Å². The largest absolute Gasteiger partial charge is 0.486 e. The van der Waals surface area contributed by atoms with E-state index in [0.717, 1.165) is 5.56 Å². The number of anilines is 1. The molecule has 1 amide bonds. The van der Waals surface area contributed by atoms with Crippen LogP contribution in [0.15, 0.2) is 48.5 Å². The molecule has 1 N–H and O–H groups in total. The molecule has 0 aliphatic carbocycles. The van der Waals surface area contributed by atoms with Crippen LogP contribution >= 0.6 is 0 Å². The fraction of sp³-hybridized carbons (Fsp3) is 0.227. The zero-order valence-electron chi connectivity index (χ0n) is 16.1. The van der Waals surface area contributed by atoms with E-state index in [1.165, 1.54) is 19.9 Å². The maximum Gasteiger partial charge on any atom is 0.331 e. The fourth-order valence-corrected chi connectivity index (χ4v) is 2.63. The molecule has 0 saturated heterocycles. The number of carbonyl (C=O) groups excluding carboxylic acids is 3. The fourth-order valence-electron chi connectivity index (χ4n) is 2.63. The number of esters is 1. The second kappa shape index (κ2) is 9.05. The highest BCUT2D eigenvalue weighted by Crippen LogP contribution is 2.31. The van der Waals surface area contributed by atoms with Crippen molar-refractivity contribution in [2.75, 3.05) is 18.5 Å². The van der Waals surface area contributed by atoms with Crippen LogP contribution in [-0.4, -0.2) is 37.0 Å². The Morgan fingerprint density at radius 3 is 2.41 bits per heavy atom. The molecule has 0 unspecified atom stereocenters. The molecule has 1 aliphatic heterocycles. The predicted octanol–water partition coefficient (Wildman–Crippen LogP) is 3.24. The number of hydrogen-bond donors (Lipinski definition) is 1. The van der Waals surface area contributed by atoms with E-state index in [9.17, 15) is 14.4 Å². The SMILES string of the molecule is CC(=O)c1ccc(NC(=O)[C@@H](C)OC(=O)/C=C/c2ccc3c(c2)OCCO3)cc1. The number of rotatable bonds is 6. The lowest BCUT2D eigenvalue weighted by atomic mass is 10.1. The molecule has 1 atom stereocenters. The molecule has 150 valence electrons. The van der Waals surface area contributed by atoms with Crippen molar-refractivity contribution in [3.8, 4) is 11.5 Å². The van der Waals surface area contributed by atoms with Crippen molar-refractivity contribution in [1.82, 2.24) is 0 Å². The van der Waals surface area contributed by atoms with Crippen LogP contribution in [-0.2, 0) is 14.3 Å². The molecule has 0 radical (unpaired) electrons. The molecule has 2 aromatic rings. The van der Waals surface area contributed by atoms with Gasteiger partial charge in [-0.2, -0.15) is 0 Å². The Bertz CT molecular complexity index is 948. The number of amides is 1. The third-order valence-electron chi connectivity index (χ3n) is 4.20. The number of fused-ring (bicyclic) bond motifs is 1. The molecular formula is C22H21NO6. The first-order valence-electron chi connectivity index (χ1n) is 9.12. The molecule has 2 aromatic carbocycles. The maximum atomic E-state index is 12.2. The quantitative estimate of drug-likeness (QED) is 0.459. The second-order valence-corrected chi connectivity index (χ2v) is 6.44. The summed E-state index contributed by atoms with van der Waals surface area (Å²) in [6, 6.07) is 11.8. The molecule has 1 heterocycles. The summed E-state index contributed by atoms with van der Waals surface area (Å²) in [7, 11) is 0. The summed E-state index contributed by atoms with van der Waals surface area (Å²) >= 11 is 0. The van der Waals surface area contributed by atoms with Gasteiger partial charge in [0.05, 0.1) is 0 Å². The summed E-state index contributed by atoms with van der Waals surface area (Å²) in [5, 5.41) is 2.64. The van der Waals surface area contributed by atoms with Gasteiger partial charge in [-0.15, -0.1) is 0 Å². The van der Waals surface area contributed by atoms with E-state index in [1.54, 1.807) is 48.5 Å². The average Bonchev–Trinajstić information content (AvgIpc) is 2.72. The van der Waals surface area contributed by atoms with E-state index in [1.807, 2.05) is 0 Å². The Morgan fingerprint density at radius 1 is 1.03 bits per heavy atom. The highest BCUT2D eigenvalue weighted by molar-refractivity contribution is 5.98. The highest BCUT2D eigenvalue weighted by Gasteiger charge is 2.17. The molecule has 7 heteroatoms. The first-order chi connectivity index (χ1) is 13.9. The Labute approximate surface area is 168 Å².